The van der Waals surface area contributed by atoms with Crippen molar-refractivity contribution in [2.45, 2.75) is 12.7 Å². The van der Waals surface area contributed by atoms with Gasteiger partial charge in [0.25, 0.3) is 0 Å². The topological polar surface area (TPSA) is 42.4 Å². The molecule has 0 aliphatic carbocycles. The number of nitrogens with zero attached hydrogens (tertiary/aromatic N) is 2. The molecule has 2 heterocycles. The van der Waals surface area contributed by atoms with Crippen LogP contribution < -0.4 is 9.64 Å². The summed E-state index contributed by atoms with van der Waals surface area (Å²) >= 11 is 0. The molecule has 0 atom stereocenters. The maximum absolute atomic E-state index is 13.6. The van der Waals surface area contributed by atoms with Crippen LogP contribution in [0, 0.1) is 0 Å². The summed E-state index contributed by atoms with van der Waals surface area (Å²) in [7, 11) is 0. The third kappa shape index (κ3) is 2.09. The number of benzene rings is 1. The predicted molar refractivity (Wildman–Crippen MR) is 67.4 cm³/mol. The van der Waals surface area contributed by atoms with Gasteiger partial charge in [0, 0.05) is 6.20 Å². The van der Waals surface area contributed by atoms with E-state index in [1.54, 1.807) is 42.6 Å². The number of pyridine rings is 1. The Bertz CT molecular complexity index is 647. The van der Waals surface area contributed by atoms with Gasteiger partial charge in [0.15, 0.2) is 5.75 Å². The van der Waals surface area contributed by atoms with Crippen LogP contribution >= 0.6 is 0 Å². The lowest BCUT2D eigenvalue weighted by Crippen LogP contribution is -2.50. The summed E-state index contributed by atoms with van der Waals surface area (Å²) in [4.78, 5) is 16.9. The maximum Gasteiger partial charge on any atom is 0.482 e. The minimum absolute atomic E-state index is 0.0203. The van der Waals surface area contributed by atoms with Crippen LogP contribution in [0.3, 0.4) is 0 Å². The highest BCUT2D eigenvalue weighted by Crippen LogP contribution is 2.39. The minimum atomic E-state index is -3.86. The number of hydrogen-bond donors (Lipinski definition) is 0. The Morgan fingerprint density at radius 2 is 1.90 bits per heavy atom. The molecule has 20 heavy (non-hydrogen) atoms. The van der Waals surface area contributed by atoms with Crippen LogP contribution in [0.5, 0.6) is 5.75 Å². The zero-order valence-electron chi connectivity index (χ0n) is 10.3. The van der Waals surface area contributed by atoms with Gasteiger partial charge in [-0.1, -0.05) is 18.2 Å². The fraction of sp³-hybridized carbons (Fsp3) is 0.143. The van der Waals surface area contributed by atoms with E-state index in [2.05, 4.69) is 9.72 Å². The first-order valence-electron chi connectivity index (χ1n) is 5.96. The van der Waals surface area contributed by atoms with E-state index >= 15 is 0 Å². The number of alkyl halides is 2. The molecule has 4 nitrogen and oxygen atoms in total. The van der Waals surface area contributed by atoms with Crippen LogP contribution in [0.15, 0.2) is 48.7 Å². The van der Waals surface area contributed by atoms with E-state index in [0.29, 0.717) is 11.4 Å². The molecule has 3 rings (SSSR count). The van der Waals surface area contributed by atoms with Crippen LogP contribution in [-0.4, -0.2) is 17.0 Å². The largest absolute Gasteiger partial charge is 0.482 e. The molecule has 0 saturated carbocycles. The first-order valence-corrected chi connectivity index (χ1v) is 5.96. The van der Waals surface area contributed by atoms with Crippen LogP contribution in [-0.2, 0) is 11.3 Å². The Hall–Kier alpha value is -2.50. The van der Waals surface area contributed by atoms with E-state index in [-0.39, 0.29) is 12.3 Å². The average Bonchev–Trinajstić information content (AvgIpc) is 2.44. The number of amides is 1. The molecule has 0 unspecified atom stereocenters. The monoisotopic (exact) mass is 276 g/mol. The molecule has 0 spiro atoms. The third-order valence-electron chi connectivity index (χ3n) is 2.93. The Morgan fingerprint density at radius 3 is 2.65 bits per heavy atom. The predicted octanol–water partition coefficient (Wildman–Crippen LogP) is 2.60. The highest BCUT2D eigenvalue weighted by atomic mass is 19.3. The van der Waals surface area contributed by atoms with Gasteiger partial charge in [-0.3, -0.25) is 14.7 Å². The molecule has 0 N–H and O–H groups in total. The molecular formula is C14H10F2N2O2. The molecule has 0 bridgehead atoms. The lowest BCUT2D eigenvalue weighted by Gasteiger charge is -2.33. The summed E-state index contributed by atoms with van der Waals surface area (Å²) in [5.41, 5.74) is 0.836. The third-order valence-corrected chi connectivity index (χ3v) is 2.93. The van der Waals surface area contributed by atoms with Crippen LogP contribution in [0.1, 0.15) is 5.69 Å². The Labute approximate surface area is 113 Å². The SMILES string of the molecule is O=C1N(Cc2ccccn2)c2ccccc2OC1(F)F. The standard InChI is InChI=1S/C14H10F2N2O2/c15-14(16)13(19)18(9-10-5-3-4-8-17-10)11-6-1-2-7-12(11)20-14/h1-8H,9H2. The molecule has 0 fully saturated rings. The fourth-order valence-corrected chi connectivity index (χ4v) is 2.03. The quantitative estimate of drug-likeness (QED) is 0.846. The Morgan fingerprint density at radius 1 is 1.15 bits per heavy atom. The van der Waals surface area contributed by atoms with Crippen molar-refractivity contribution in [3.8, 4) is 5.75 Å². The molecule has 0 radical (unpaired) electrons. The molecular weight excluding hydrogens is 266 g/mol. The van der Waals surface area contributed by atoms with E-state index in [1.807, 2.05) is 0 Å². The van der Waals surface area contributed by atoms with Crippen LogP contribution in [0.4, 0.5) is 14.5 Å². The second kappa shape index (κ2) is 4.56. The van der Waals surface area contributed by atoms with E-state index in [0.717, 1.165) is 4.90 Å². The number of anilines is 1. The normalized spacial score (nSPS) is 16.5. The van der Waals surface area contributed by atoms with E-state index in [9.17, 15) is 13.6 Å². The fourth-order valence-electron chi connectivity index (χ4n) is 2.03. The first kappa shape index (κ1) is 12.5. The number of aromatic nitrogens is 1. The number of carbonyl (C=O) groups excluding carboxylic acids is 1. The molecule has 0 saturated heterocycles. The number of ether oxygens (including phenoxy) is 1. The van der Waals surface area contributed by atoms with E-state index in [4.69, 9.17) is 0 Å². The van der Waals surface area contributed by atoms with Gasteiger partial charge in [0.1, 0.15) is 0 Å². The van der Waals surface area contributed by atoms with Crippen molar-refractivity contribution in [3.63, 3.8) is 0 Å². The van der Waals surface area contributed by atoms with Crippen molar-refractivity contribution < 1.29 is 18.3 Å². The van der Waals surface area contributed by atoms with Gasteiger partial charge in [-0.15, -0.1) is 0 Å². The summed E-state index contributed by atoms with van der Waals surface area (Å²) in [5.74, 6) is -1.41. The maximum atomic E-state index is 13.6. The highest BCUT2D eigenvalue weighted by molar-refractivity contribution is 6.00. The molecule has 2 aromatic rings. The van der Waals surface area contributed by atoms with Crippen LogP contribution in [0.2, 0.25) is 0 Å². The molecule has 102 valence electrons. The number of rotatable bonds is 2. The van der Waals surface area contributed by atoms with Gasteiger partial charge in [-0.25, -0.2) is 0 Å². The minimum Gasteiger partial charge on any atom is -0.423 e. The summed E-state index contributed by atoms with van der Waals surface area (Å²) in [6.07, 6.45) is -2.31. The molecule has 1 aromatic heterocycles. The lowest BCUT2D eigenvalue weighted by atomic mass is 10.2. The Balaban J connectivity index is 2.02. The van der Waals surface area contributed by atoms with Crippen LogP contribution in [0.25, 0.3) is 0 Å². The average molecular weight is 276 g/mol. The summed E-state index contributed by atoms with van der Waals surface area (Å²) in [6, 6.07) is 11.3. The van der Waals surface area contributed by atoms with Gasteiger partial charge < -0.3 is 4.74 Å². The van der Waals surface area contributed by atoms with Gasteiger partial charge in [0.2, 0.25) is 0 Å². The lowest BCUT2D eigenvalue weighted by molar-refractivity contribution is -0.193. The number of halogens is 2. The summed E-state index contributed by atoms with van der Waals surface area (Å²) < 4.78 is 31.6. The summed E-state index contributed by atoms with van der Waals surface area (Å²) in [5, 5.41) is 0. The molecule has 1 amide bonds. The second-order valence-electron chi connectivity index (χ2n) is 4.30. The highest BCUT2D eigenvalue weighted by Gasteiger charge is 2.50. The van der Waals surface area contributed by atoms with Crippen molar-refractivity contribution in [1.82, 2.24) is 4.98 Å². The van der Waals surface area contributed by atoms with Gasteiger partial charge in [-0.05, 0) is 24.3 Å². The number of carbonyl (C=O) groups is 1. The van der Waals surface area contributed by atoms with Crippen molar-refractivity contribution in [1.29, 1.82) is 0 Å². The van der Waals surface area contributed by atoms with E-state index < -0.39 is 12.0 Å². The van der Waals surface area contributed by atoms with Crippen molar-refractivity contribution >= 4 is 11.6 Å². The molecule has 1 aliphatic rings. The second-order valence-corrected chi connectivity index (χ2v) is 4.30. The van der Waals surface area contributed by atoms with Crippen molar-refractivity contribution in [2.24, 2.45) is 0 Å². The zero-order valence-corrected chi connectivity index (χ0v) is 10.3. The van der Waals surface area contributed by atoms with E-state index in [1.165, 1.54) is 6.07 Å². The van der Waals surface area contributed by atoms with Crippen molar-refractivity contribution in [3.05, 3.63) is 54.4 Å². The molecule has 6 heteroatoms. The van der Waals surface area contributed by atoms with Gasteiger partial charge in [-0.2, -0.15) is 8.78 Å². The molecule has 1 aromatic carbocycles. The number of para-hydroxylation sites is 2. The number of hydrogen-bond acceptors (Lipinski definition) is 3. The zero-order chi connectivity index (χ0) is 14.2. The van der Waals surface area contributed by atoms with Gasteiger partial charge in [0.05, 0.1) is 17.9 Å². The smallest absolute Gasteiger partial charge is 0.423 e. The van der Waals surface area contributed by atoms with Gasteiger partial charge >= 0.3 is 12.0 Å². The number of fused-ring (bicyclic) bond motifs is 1. The molecule has 1 aliphatic heterocycles. The van der Waals surface area contributed by atoms with Crippen molar-refractivity contribution in [2.75, 3.05) is 4.90 Å². The first-order chi connectivity index (χ1) is 9.58. The summed E-state index contributed by atoms with van der Waals surface area (Å²) in [6.45, 7) is -0.0321. The Kier molecular flexibility index (Phi) is 2.85.